The molecule has 0 spiro atoms. The molecule has 1 atom stereocenters. The van der Waals surface area contributed by atoms with E-state index in [-0.39, 0.29) is 0 Å². The van der Waals surface area contributed by atoms with Gasteiger partial charge in [-0.1, -0.05) is 0 Å². The van der Waals surface area contributed by atoms with Crippen molar-refractivity contribution in [1.29, 1.82) is 0 Å². The van der Waals surface area contributed by atoms with E-state index >= 15 is 0 Å². The van der Waals surface area contributed by atoms with Crippen molar-refractivity contribution in [2.75, 3.05) is 0 Å². The van der Waals surface area contributed by atoms with Crippen molar-refractivity contribution in [2.45, 2.75) is 17.6 Å². The first-order chi connectivity index (χ1) is 5.85. The molecule has 6 heteroatoms. The lowest BCUT2D eigenvalue weighted by atomic mass is 9.72. The van der Waals surface area contributed by atoms with Crippen LogP contribution < -0.4 is 0 Å². The molecule has 2 aliphatic rings. The van der Waals surface area contributed by atoms with E-state index in [1.807, 2.05) is 0 Å². The Kier molecular flexibility index (Phi) is 1.11. The summed E-state index contributed by atoms with van der Waals surface area (Å²) in [6, 6.07) is 0. The molecule has 13 heavy (non-hydrogen) atoms. The van der Waals surface area contributed by atoms with Gasteiger partial charge in [0.1, 0.15) is 0 Å². The van der Waals surface area contributed by atoms with Crippen LogP contribution in [0.3, 0.4) is 0 Å². The van der Waals surface area contributed by atoms with Crippen LogP contribution in [0.15, 0.2) is 0 Å². The summed E-state index contributed by atoms with van der Waals surface area (Å²) in [7, 11) is 0. The predicted molar refractivity (Wildman–Crippen MR) is 34.5 cm³/mol. The number of rotatable bonds is 1. The van der Waals surface area contributed by atoms with E-state index in [1.54, 1.807) is 0 Å². The van der Waals surface area contributed by atoms with Crippen molar-refractivity contribution in [2.24, 2.45) is 0 Å². The average molecular weight is 184 g/mol. The molecule has 0 bridgehead atoms. The third kappa shape index (κ3) is 0.585. The summed E-state index contributed by atoms with van der Waals surface area (Å²) in [5.41, 5.74) is -5.13. The number of aliphatic hydroxyl groups is 2. The van der Waals surface area contributed by atoms with Crippen molar-refractivity contribution in [1.82, 2.24) is 0 Å². The number of hydrogen-bond acceptors (Lipinski definition) is 6. The molecular weight excluding hydrogens is 180 g/mol. The van der Waals surface area contributed by atoms with Gasteiger partial charge in [0.25, 0.3) is 0 Å². The lowest BCUT2D eigenvalue weighted by Gasteiger charge is -2.34. The molecule has 0 heterocycles. The SMILES string of the molecule is O=C1CC(O)(C2(O)C(=O)C2=O)C1=O. The van der Waals surface area contributed by atoms with E-state index in [0.29, 0.717) is 0 Å². The number of hydrogen-bond donors (Lipinski definition) is 2. The molecule has 0 aromatic carbocycles. The van der Waals surface area contributed by atoms with Crippen LogP contribution in [0, 0.1) is 0 Å². The minimum atomic E-state index is -2.64. The Labute approximate surface area is 71.2 Å². The topological polar surface area (TPSA) is 109 Å². The molecule has 0 saturated heterocycles. The van der Waals surface area contributed by atoms with Crippen LogP contribution in [0.2, 0.25) is 0 Å². The molecule has 68 valence electrons. The van der Waals surface area contributed by atoms with E-state index in [0.717, 1.165) is 0 Å². The van der Waals surface area contributed by atoms with E-state index in [1.165, 1.54) is 0 Å². The molecule has 0 radical (unpaired) electrons. The highest BCUT2D eigenvalue weighted by Crippen LogP contribution is 2.44. The molecule has 2 fully saturated rings. The Hall–Kier alpha value is -1.40. The molecule has 0 aromatic rings. The van der Waals surface area contributed by atoms with Crippen LogP contribution in [-0.2, 0) is 19.2 Å². The minimum absolute atomic E-state index is 0.667. The van der Waals surface area contributed by atoms with Gasteiger partial charge in [-0.15, -0.1) is 0 Å². The molecule has 1 unspecified atom stereocenters. The second kappa shape index (κ2) is 1.75. The van der Waals surface area contributed by atoms with Crippen LogP contribution in [0.4, 0.5) is 0 Å². The quantitative estimate of drug-likeness (QED) is 0.335. The number of ketones is 4. The van der Waals surface area contributed by atoms with Crippen LogP contribution >= 0.6 is 0 Å². The number of carbonyl (C=O) groups is 4. The first-order valence-electron chi connectivity index (χ1n) is 3.47. The molecule has 2 rings (SSSR count). The highest BCUT2D eigenvalue weighted by atomic mass is 16.4. The fourth-order valence-electron chi connectivity index (χ4n) is 1.41. The summed E-state index contributed by atoms with van der Waals surface area (Å²) in [5.74, 6) is -4.58. The highest BCUT2D eigenvalue weighted by molar-refractivity contribution is 6.70. The van der Waals surface area contributed by atoms with Gasteiger partial charge >= 0.3 is 0 Å². The van der Waals surface area contributed by atoms with Gasteiger partial charge in [0.15, 0.2) is 5.60 Å². The second-order valence-electron chi connectivity index (χ2n) is 3.16. The van der Waals surface area contributed by atoms with Gasteiger partial charge in [-0.05, 0) is 0 Å². The van der Waals surface area contributed by atoms with Crippen molar-refractivity contribution >= 4 is 23.1 Å². The van der Waals surface area contributed by atoms with Crippen LogP contribution in [0.5, 0.6) is 0 Å². The molecular formula is C7H4O6. The smallest absolute Gasteiger partial charge is 0.245 e. The Bertz CT molecular complexity index is 366. The maximum absolute atomic E-state index is 10.8. The third-order valence-electron chi connectivity index (χ3n) is 2.44. The van der Waals surface area contributed by atoms with Gasteiger partial charge in [0.05, 0.1) is 6.42 Å². The number of Topliss-reactive ketones (excluding diaryl/α,β-unsaturated/α-hetero) is 4. The lowest BCUT2D eigenvalue weighted by molar-refractivity contribution is -0.180. The normalized spacial score (nSPS) is 36.2. The Morgan fingerprint density at radius 1 is 0.923 bits per heavy atom. The monoisotopic (exact) mass is 184 g/mol. The molecule has 0 aliphatic heterocycles. The van der Waals surface area contributed by atoms with Crippen LogP contribution in [0.25, 0.3) is 0 Å². The van der Waals surface area contributed by atoms with E-state index in [2.05, 4.69) is 0 Å². The summed E-state index contributed by atoms with van der Waals surface area (Å²) in [6.07, 6.45) is -0.667. The summed E-state index contributed by atoms with van der Waals surface area (Å²) < 4.78 is 0. The van der Waals surface area contributed by atoms with Crippen molar-refractivity contribution in [3.8, 4) is 0 Å². The highest BCUT2D eigenvalue weighted by Gasteiger charge is 2.82. The maximum Gasteiger partial charge on any atom is 0.245 e. The molecule has 6 nitrogen and oxygen atoms in total. The van der Waals surface area contributed by atoms with Gasteiger partial charge in [0, 0.05) is 0 Å². The van der Waals surface area contributed by atoms with Gasteiger partial charge in [0.2, 0.25) is 28.7 Å². The molecule has 0 aromatic heterocycles. The van der Waals surface area contributed by atoms with Gasteiger partial charge < -0.3 is 10.2 Å². The Morgan fingerprint density at radius 2 is 1.38 bits per heavy atom. The zero-order valence-electron chi connectivity index (χ0n) is 6.23. The Balaban J connectivity index is 2.39. The summed E-state index contributed by atoms with van der Waals surface area (Å²) >= 11 is 0. The van der Waals surface area contributed by atoms with Gasteiger partial charge in [-0.3, -0.25) is 19.2 Å². The lowest BCUT2D eigenvalue weighted by Crippen LogP contribution is -2.65. The van der Waals surface area contributed by atoms with Crippen molar-refractivity contribution in [3.63, 3.8) is 0 Å². The zero-order valence-corrected chi connectivity index (χ0v) is 6.23. The average Bonchev–Trinajstić information content (AvgIpc) is 2.58. The third-order valence-corrected chi connectivity index (χ3v) is 2.44. The fourth-order valence-corrected chi connectivity index (χ4v) is 1.41. The fraction of sp³-hybridized carbons (Fsp3) is 0.429. The van der Waals surface area contributed by atoms with Crippen molar-refractivity contribution in [3.05, 3.63) is 0 Å². The zero-order chi connectivity index (χ0) is 10.0. The first-order valence-corrected chi connectivity index (χ1v) is 3.47. The predicted octanol–water partition coefficient (Wildman–Crippen LogP) is -2.86. The molecule has 2 aliphatic carbocycles. The van der Waals surface area contributed by atoms with Crippen LogP contribution in [-0.4, -0.2) is 44.5 Å². The first kappa shape index (κ1) is 8.21. The largest absolute Gasteiger partial charge is 0.377 e. The van der Waals surface area contributed by atoms with Crippen molar-refractivity contribution < 1.29 is 29.4 Å². The summed E-state index contributed by atoms with van der Waals surface area (Å²) in [5, 5.41) is 18.5. The standard InChI is InChI=1S/C7H4O6/c8-2-1-6(12,3(2)9)7(13)4(10)5(7)11/h12-13H,1H2. The molecule has 2 N–H and O–H groups in total. The second-order valence-corrected chi connectivity index (χ2v) is 3.16. The van der Waals surface area contributed by atoms with E-state index in [4.69, 9.17) is 0 Å². The summed E-state index contributed by atoms with van der Waals surface area (Å²) in [6.45, 7) is 0. The maximum atomic E-state index is 10.8. The minimum Gasteiger partial charge on any atom is -0.377 e. The van der Waals surface area contributed by atoms with Crippen LogP contribution in [0.1, 0.15) is 6.42 Å². The number of carbonyl (C=O) groups excluding carboxylic acids is 4. The molecule has 2 saturated carbocycles. The van der Waals surface area contributed by atoms with Gasteiger partial charge in [-0.2, -0.15) is 0 Å². The van der Waals surface area contributed by atoms with Gasteiger partial charge in [-0.25, -0.2) is 0 Å². The molecule has 0 amide bonds. The summed E-state index contributed by atoms with van der Waals surface area (Å²) in [4.78, 5) is 42.5. The Morgan fingerprint density at radius 3 is 1.62 bits per heavy atom. The van der Waals surface area contributed by atoms with E-state index in [9.17, 15) is 29.4 Å². The van der Waals surface area contributed by atoms with E-state index < -0.39 is 40.8 Å².